The molecule has 0 radical (unpaired) electrons. The molecule has 1 saturated heterocycles. The number of nitrogens with zero attached hydrogens (tertiary/aromatic N) is 1. The third kappa shape index (κ3) is 1.48. The number of nitriles is 1. The summed E-state index contributed by atoms with van der Waals surface area (Å²) in [5.41, 5.74) is -0.231. The second-order valence-electron chi connectivity index (χ2n) is 6.14. The first-order valence-corrected chi connectivity index (χ1v) is 6.06. The van der Waals surface area contributed by atoms with Crippen molar-refractivity contribution in [2.24, 2.45) is 22.7 Å². The molecule has 88 valence electrons. The minimum Gasteiger partial charge on any atom is -0.316 e. The summed E-state index contributed by atoms with van der Waals surface area (Å²) in [5.74, 6) is 0.161. The van der Waals surface area contributed by atoms with E-state index in [1.165, 1.54) is 0 Å². The van der Waals surface area contributed by atoms with Crippen LogP contribution in [0.5, 0.6) is 0 Å². The minimum absolute atomic E-state index is 0.107. The molecule has 0 amide bonds. The van der Waals surface area contributed by atoms with E-state index in [1.54, 1.807) is 0 Å². The molecule has 1 saturated carbocycles. The predicted molar refractivity (Wildman–Crippen MR) is 61.6 cm³/mol. The maximum absolute atomic E-state index is 12.2. The van der Waals surface area contributed by atoms with Crippen LogP contribution in [0.4, 0.5) is 0 Å². The summed E-state index contributed by atoms with van der Waals surface area (Å²) in [5, 5.41) is 12.5. The van der Waals surface area contributed by atoms with E-state index in [9.17, 15) is 4.79 Å². The summed E-state index contributed by atoms with van der Waals surface area (Å²) in [4.78, 5) is 12.2. The normalized spacial score (nSPS) is 42.2. The Bertz CT molecular complexity index is 355. The molecule has 0 spiro atoms. The van der Waals surface area contributed by atoms with E-state index in [2.05, 4.69) is 18.3 Å². The summed E-state index contributed by atoms with van der Waals surface area (Å²) in [6.07, 6.45) is 1.77. The van der Waals surface area contributed by atoms with Crippen LogP contribution in [0.15, 0.2) is 0 Å². The molecule has 0 aromatic rings. The second kappa shape index (κ2) is 3.56. The van der Waals surface area contributed by atoms with Crippen LogP contribution >= 0.6 is 0 Å². The fraction of sp³-hybridized carbons (Fsp3) is 0.846. The van der Waals surface area contributed by atoms with Crippen LogP contribution in [-0.4, -0.2) is 18.9 Å². The second-order valence-corrected chi connectivity index (χ2v) is 6.14. The van der Waals surface area contributed by atoms with Crippen LogP contribution in [0.25, 0.3) is 0 Å². The maximum atomic E-state index is 12.2. The molecule has 2 unspecified atom stereocenters. The van der Waals surface area contributed by atoms with E-state index in [0.717, 1.165) is 25.9 Å². The van der Waals surface area contributed by atoms with Gasteiger partial charge in [0.1, 0.15) is 5.92 Å². The number of carbonyl (C=O) groups excluding carboxylic acids is 1. The van der Waals surface area contributed by atoms with Gasteiger partial charge in [-0.1, -0.05) is 20.8 Å². The van der Waals surface area contributed by atoms with Crippen LogP contribution in [0.1, 0.15) is 33.6 Å². The van der Waals surface area contributed by atoms with Crippen molar-refractivity contribution in [1.29, 1.82) is 5.26 Å². The Kier molecular flexibility index (Phi) is 2.58. The van der Waals surface area contributed by atoms with Crippen molar-refractivity contribution >= 4 is 5.78 Å². The molecular formula is C13H20N2O. The number of piperidine rings is 1. The van der Waals surface area contributed by atoms with E-state index < -0.39 is 5.92 Å². The molecule has 2 fully saturated rings. The zero-order valence-electron chi connectivity index (χ0n) is 10.3. The van der Waals surface area contributed by atoms with Gasteiger partial charge in [0, 0.05) is 12.0 Å². The number of Topliss-reactive ketones (excluding diaryl/α,β-unsaturated/α-hetero) is 1. The van der Waals surface area contributed by atoms with Gasteiger partial charge in [0.2, 0.25) is 0 Å². The lowest BCUT2D eigenvalue weighted by Gasteiger charge is -2.53. The van der Waals surface area contributed by atoms with E-state index in [1.807, 2.05) is 13.8 Å². The van der Waals surface area contributed by atoms with Crippen molar-refractivity contribution in [1.82, 2.24) is 5.32 Å². The number of hydrogen-bond donors (Lipinski definition) is 1. The average molecular weight is 220 g/mol. The Morgan fingerprint density at radius 3 is 2.75 bits per heavy atom. The standard InChI is InChI=1S/C13H20N2O/c1-12(2)10-4-5-15-8-13(10,3)6-9(7-14)11(12)16/h9-10,15H,4-6,8H2,1-3H3/t9?,10?,13-/m0/s1. The van der Waals surface area contributed by atoms with Crippen molar-refractivity contribution in [3.05, 3.63) is 0 Å². The summed E-state index contributed by atoms with van der Waals surface area (Å²) < 4.78 is 0. The van der Waals surface area contributed by atoms with Gasteiger partial charge >= 0.3 is 0 Å². The average Bonchev–Trinajstić information content (AvgIpc) is 2.24. The third-order valence-electron chi connectivity index (χ3n) is 4.63. The Hall–Kier alpha value is -0.880. The highest BCUT2D eigenvalue weighted by Crippen LogP contribution is 2.53. The summed E-state index contributed by atoms with van der Waals surface area (Å²) in [6.45, 7) is 8.20. The maximum Gasteiger partial charge on any atom is 0.155 e. The van der Waals surface area contributed by atoms with E-state index >= 15 is 0 Å². The first-order chi connectivity index (χ1) is 7.42. The molecular weight excluding hydrogens is 200 g/mol. The molecule has 0 aromatic carbocycles. The van der Waals surface area contributed by atoms with Crippen molar-refractivity contribution < 1.29 is 4.79 Å². The summed E-state index contributed by atoms with van der Waals surface area (Å²) in [7, 11) is 0. The number of rotatable bonds is 0. The lowest BCUT2D eigenvalue weighted by Crippen LogP contribution is -2.58. The van der Waals surface area contributed by atoms with Crippen LogP contribution in [0.2, 0.25) is 0 Å². The smallest absolute Gasteiger partial charge is 0.155 e. The van der Waals surface area contributed by atoms with E-state index in [0.29, 0.717) is 5.92 Å². The number of hydrogen-bond acceptors (Lipinski definition) is 3. The Morgan fingerprint density at radius 1 is 1.44 bits per heavy atom. The quantitative estimate of drug-likeness (QED) is 0.676. The molecule has 0 bridgehead atoms. The van der Waals surface area contributed by atoms with Gasteiger partial charge in [-0.05, 0) is 30.7 Å². The Balaban J connectivity index is 2.38. The topological polar surface area (TPSA) is 52.9 Å². The SMILES string of the molecule is CC1(C)C(=O)C(C#N)C[C@@]2(C)CNCCC12. The van der Waals surface area contributed by atoms with Crippen molar-refractivity contribution in [3.8, 4) is 6.07 Å². The van der Waals surface area contributed by atoms with Gasteiger partial charge in [-0.15, -0.1) is 0 Å². The van der Waals surface area contributed by atoms with E-state index in [-0.39, 0.29) is 16.6 Å². The number of carbonyl (C=O) groups is 1. The molecule has 2 aliphatic rings. The molecule has 1 heterocycles. The fourth-order valence-electron chi connectivity index (χ4n) is 3.82. The molecule has 3 atom stereocenters. The minimum atomic E-state index is -0.406. The van der Waals surface area contributed by atoms with Crippen molar-refractivity contribution in [2.75, 3.05) is 13.1 Å². The molecule has 0 aromatic heterocycles. The van der Waals surface area contributed by atoms with E-state index in [4.69, 9.17) is 5.26 Å². The molecule has 1 aliphatic carbocycles. The number of nitrogens with one attached hydrogen (secondary N) is 1. The third-order valence-corrected chi connectivity index (χ3v) is 4.63. The van der Waals surface area contributed by atoms with Gasteiger partial charge in [-0.2, -0.15) is 5.26 Å². The molecule has 1 aliphatic heterocycles. The van der Waals surface area contributed by atoms with Crippen LogP contribution in [0.3, 0.4) is 0 Å². The first-order valence-electron chi connectivity index (χ1n) is 6.06. The molecule has 16 heavy (non-hydrogen) atoms. The van der Waals surface area contributed by atoms with Crippen LogP contribution in [-0.2, 0) is 4.79 Å². The highest BCUT2D eigenvalue weighted by atomic mass is 16.1. The van der Waals surface area contributed by atoms with Crippen molar-refractivity contribution in [3.63, 3.8) is 0 Å². The highest BCUT2D eigenvalue weighted by Gasteiger charge is 2.55. The number of ketones is 1. The monoisotopic (exact) mass is 220 g/mol. The lowest BCUT2D eigenvalue weighted by atomic mass is 9.51. The molecule has 3 nitrogen and oxygen atoms in total. The summed E-state index contributed by atoms with van der Waals surface area (Å²) in [6, 6.07) is 2.19. The van der Waals surface area contributed by atoms with Crippen LogP contribution in [0, 0.1) is 34.0 Å². The number of fused-ring (bicyclic) bond motifs is 1. The molecule has 3 heteroatoms. The zero-order chi connectivity index (χ0) is 12.0. The van der Waals surface area contributed by atoms with Gasteiger partial charge < -0.3 is 5.32 Å². The largest absolute Gasteiger partial charge is 0.316 e. The first kappa shape index (κ1) is 11.6. The zero-order valence-corrected chi connectivity index (χ0v) is 10.3. The fourth-order valence-corrected chi connectivity index (χ4v) is 3.82. The molecule has 2 rings (SSSR count). The van der Waals surface area contributed by atoms with Gasteiger partial charge in [-0.3, -0.25) is 4.79 Å². The molecule has 1 N–H and O–H groups in total. The Labute approximate surface area is 97.2 Å². The van der Waals surface area contributed by atoms with Gasteiger partial charge in [0.05, 0.1) is 6.07 Å². The van der Waals surface area contributed by atoms with Crippen molar-refractivity contribution in [2.45, 2.75) is 33.6 Å². The van der Waals surface area contributed by atoms with Gasteiger partial charge in [0.25, 0.3) is 0 Å². The predicted octanol–water partition coefficient (Wildman–Crippen LogP) is 1.74. The lowest BCUT2D eigenvalue weighted by molar-refractivity contribution is -0.145. The van der Waals surface area contributed by atoms with Crippen LogP contribution < -0.4 is 5.32 Å². The summed E-state index contributed by atoms with van der Waals surface area (Å²) >= 11 is 0. The van der Waals surface area contributed by atoms with Gasteiger partial charge in [0.15, 0.2) is 5.78 Å². The highest BCUT2D eigenvalue weighted by molar-refractivity contribution is 5.89. The Morgan fingerprint density at radius 2 is 2.12 bits per heavy atom. The van der Waals surface area contributed by atoms with Gasteiger partial charge in [-0.25, -0.2) is 0 Å².